The van der Waals surface area contributed by atoms with Gasteiger partial charge in [-0.25, -0.2) is 0 Å². The van der Waals surface area contributed by atoms with E-state index < -0.39 is 5.54 Å². The highest BCUT2D eigenvalue weighted by atomic mass is 16.1. The molecule has 2 aliphatic carbocycles. The van der Waals surface area contributed by atoms with Crippen LogP contribution in [0.15, 0.2) is 72.9 Å². The Bertz CT molecular complexity index is 1550. The fraction of sp³-hybridized carbons (Fsp3) is 0.265. The molecule has 4 heteroatoms. The van der Waals surface area contributed by atoms with Crippen LogP contribution in [0.3, 0.4) is 0 Å². The number of amides is 1. The average molecular weight is 500 g/mol. The Kier molecular flexibility index (Phi) is 6.08. The first-order valence-corrected chi connectivity index (χ1v) is 13.4. The summed E-state index contributed by atoms with van der Waals surface area (Å²) in [6.07, 6.45) is 10.2. The molecule has 0 spiro atoms. The van der Waals surface area contributed by atoms with Crippen molar-refractivity contribution < 1.29 is 4.79 Å². The molecule has 1 amide bonds. The number of aryl methyl sites for hydroxylation is 1. The molecule has 0 saturated carbocycles. The van der Waals surface area contributed by atoms with Crippen LogP contribution in [0, 0.1) is 11.8 Å². The first-order valence-electron chi connectivity index (χ1n) is 13.4. The quantitative estimate of drug-likeness (QED) is 0.421. The maximum atomic E-state index is 13.8. The summed E-state index contributed by atoms with van der Waals surface area (Å²) in [4.78, 5) is 15.9. The number of hydrogen-bond acceptors (Lipinski definition) is 3. The van der Waals surface area contributed by atoms with Crippen LogP contribution >= 0.6 is 0 Å². The molecule has 190 valence electrons. The lowest BCUT2D eigenvalue weighted by molar-refractivity contribution is 0.0935. The van der Waals surface area contributed by atoms with E-state index in [9.17, 15) is 4.79 Å². The van der Waals surface area contributed by atoms with Crippen LogP contribution in [0.1, 0.15) is 76.0 Å². The van der Waals surface area contributed by atoms with E-state index in [1.165, 1.54) is 22.3 Å². The van der Waals surface area contributed by atoms with Crippen molar-refractivity contribution in [3.63, 3.8) is 0 Å². The first kappa shape index (κ1) is 24.1. The molecule has 0 radical (unpaired) electrons. The summed E-state index contributed by atoms with van der Waals surface area (Å²) in [7, 11) is 4.03. The monoisotopic (exact) mass is 499 g/mol. The normalized spacial score (nSPS) is 20.8. The number of fused-ring (bicyclic) bond motifs is 3. The molecule has 0 fully saturated rings. The summed E-state index contributed by atoms with van der Waals surface area (Å²) in [6, 6.07) is 20.9. The lowest BCUT2D eigenvalue weighted by atomic mass is 9.73. The molecule has 0 bridgehead atoms. The smallest absolute Gasteiger partial charge is 0.253 e. The van der Waals surface area contributed by atoms with Gasteiger partial charge in [0.1, 0.15) is 0 Å². The minimum Gasteiger partial charge on any atom is -0.378 e. The molecule has 6 rings (SSSR count). The van der Waals surface area contributed by atoms with Gasteiger partial charge in [0.05, 0.1) is 22.8 Å². The zero-order valence-electron chi connectivity index (χ0n) is 22.3. The predicted molar refractivity (Wildman–Crippen MR) is 156 cm³/mol. The van der Waals surface area contributed by atoms with Crippen molar-refractivity contribution in [1.29, 1.82) is 0 Å². The Morgan fingerprint density at radius 3 is 2.76 bits per heavy atom. The summed E-state index contributed by atoms with van der Waals surface area (Å²) >= 11 is 0. The molecule has 1 unspecified atom stereocenters. The van der Waals surface area contributed by atoms with Crippen molar-refractivity contribution in [2.45, 2.75) is 44.2 Å². The van der Waals surface area contributed by atoms with E-state index in [1.807, 2.05) is 44.6 Å². The van der Waals surface area contributed by atoms with Crippen molar-refractivity contribution in [2.24, 2.45) is 0 Å². The van der Waals surface area contributed by atoms with E-state index >= 15 is 0 Å². The molecule has 1 aliphatic heterocycles. The van der Waals surface area contributed by atoms with Crippen LogP contribution < -0.4 is 15.5 Å². The number of nitrogens with one attached hydrogen (secondary N) is 2. The van der Waals surface area contributed by atoms with E-state index in [1.54, 1.807) is 0 Å². The zero-order chi connectivity index (χ0) is 26.3. The highest BCUT2D eigenvalue weighted by Gasteiger charge is 2.38. The predicted octanol–water partition coefficient (Wildman–Crippen LogP) is 6.19. The van der Waals surface area contributed by atoms with Gasteiger partial charge in [-0.3, -0.25) is 4.79 Å². The Balaban J connectivity index is 1.40. The molecule has 38 heavy (non-hydrogen) atoms. The number of anilines is 1. The van der Waals surface area contributed by atoms with E-state index in [4.69, 9.17) is 0 Å². The van der Waals surface area contributed by atoms with Crippen molar-refractivity contribution in [3.05, 3.63) is 112 Å². The van der Waals surface area contributed by atoms with Gasteiger partial charge in [-0.2, -0.15) is 0 Å². The summed E-state index contributed by atoms with van der Waals surface area (Å²) in [5, 5.41) is 7.01. The second-order valence-corrected chi connectivity index (χ2v) is 10.7. The van der Waals surface area contributed by atoms with Gasteiger partial charge in [0.25, 0.3) is 5.91 Å². The van der Waals surface area contributed by atoms with Crippen LogP contribution in [0.25, 0.3) is 11.6 Å². The molecule has 1 heterocycles. The van der Waals surface area contributed by atoms with Gasteiger partial charge in [-0.05, 0) is 78.4 Å². The molecular weight excluding hydrogens is 466 g/mol. The SMILES string of the molecule is CN(C)c1c(C(=O)N[C@H]2CCC#Cc3ccccc32)ccc2c1C=CNC2(C)C1=CCCc2ccccc21. The number of nitrogens with zero attached hydrogens (tertiary/aromatic N) is 1. The largest absolute Gasteiger partial charge is 0.378 e. The number of carbonyl (C=O) groups excluding carboxylic acids is 1. The lowest BCUT2D eigenvalue weighted by Crippen LogP contribution is -2.41. The van der Waals surface area contributed by atoms with E-state index in [0.29, 0.717) is 5.56 Å². The fourth-order valence-corrected chi connectivity index (χ4v) is 6.26. The summed E-state index contributed by atoms with van der Waals surface area (Å²) in [5.41, 5.74) is 9.55. The van der Waals surface area contributed by atoms with Gasteiger partial charge in [0.15, 0.2) is 0 Å². The van der Waals surface area contributed by atoms with Crippen LogP contribution in [-0.4, -0.2) is 20.0 Å². The third-order valence-electron chi connectivity index (χ3n) is 8.10. The van der Waals surface area contributed by atoms with Crippen LogP contribution in [0.4, 0.5) is 5.69 Å². The fourth-order valence-electron chi connectivity index (χ4n) is 6.26. The van der Waals surface area contributed by atoms with Crippen molar-refractivity contribution >= 4 is 23.2 Å². The third-order valence-corrected chi connectivity index (χ3v) is 8.10. The minimum absolute atomic E-state index is 0.0610. The number of carbonyl (C=O) groups is 1. The average Bonchev–Trinajstić information content (AvgIpc) is 3.14. The highest BCUT2D eigenvalue weighted by molar-refractivity contribution is 6.03. The van der Waals surface area contributed by atoms with Gasteiger partial charge in [-0.15, -0.1) is 0 Å². The molecule has 3 aromatic carbocycles. The minimum atomic E-state index is -0.405. The molecular formula is C34H33N3O. The highest BCUT2D eigenvalue weighted by Crippen LogP contribution is 2.46. The third kappa shape index (κ3) is 4.00. The summed E-state index contributed by atoms with van der Waals surface area (Å²) < 4.78 is 0. The second-order valence-electron chi connectivity index (χ2n) is 10.7. The van der Waals surface area contributed by atoms with E-state index in [-0.39, 0.29) is 11.9 Å². The maximum Gasteiger partial charge on any atom is 0.253 e. The Morgan fingerprint density at radius 2 is 1.89 bits per heavy atom. The van der Waals surface area contributed by atoms with Crippen LogP contribution in [0.2, 0.25) is 0 Å². The van der Waals surface area contributed by atoms with Crippen molar-refractivity contribution in [3.8, 4) is 11.8 Å². The molecule has 4 nitrogen and oxygen atoms in total. The molecule has 3 aliphatic rings. The Labute approximate surface area is 225 Å². The van der Waals surface area contributed by atoms with Gasteiger partial charge in [0, 0.05) is 31.6 Å². The van der Waals surface area contributed by atoms with Gasteiger partial charge >= 0.3 is 0 Å². The topological polar surface area (TPSA) is 44.4 Å². The maximum absolute atomic E-state index is 13.8. The Hall–Kier alpha value is -4.23. The molecule has 3 aromatic rings. The Morgan fingerprint density at radius 1 is 1.08 bits per heavy atom. The van der Waals surface area contributed by atoms with E-state index in [2.05, 4.69) is 82.8 Å². The lowest BCUT2D eigenvalue weighted by Gasteiger charge is -2.40. The molecule has 2 atom stereocenters. The second kappa shape index (κ2) is 9.58. The number of rotatable bonds is 4. The molecule has 0 saturated heterocycles. The first-order chi connectivity index (χ1) is 18.5. The zero-order valence-corrected chi connectivity index (χ0v) is 22.3. The van der Waals surface area contributed by atoms with Gasteiger partial charge in [0.2, 0.25) is 0 Å². The van der Waals surface area contributed by atoms with Crippen molar-refractivity contribution in [2.75, 3.05) is 19.0 Å². The molecule has 2 N–H and O–H groups in total. The standard InChI is InChI=1S/C34H33N3O/c1-34(29-17-10-14-23-11-4-7-15-25(23)29)30-20-19-28(32(37(2)3)27(30)21-22-35-34)33(38)36-31-18-9-6-13-24-12-5-8-16-26(24)31/h4-5,7-8,11-12,15-17,19-22,31,35H,9-10,14,18H2,1-3H3,(H,36,38)/t31-,34?/m0/s1. The van der Waals surface area contributed by atoms with Crippen molar-refractivity contribution in [1.82, 2.24) is 10.6 Å². The number of benzene rings is 3. The van der Waals surface area contributed by atoms with E-state index in [0.717, 1.165) is 48.1 Å². The summed E-state index contributed by atoms with van der Waals surface area (Å²) in [6.45, 7) is 2.25. The summed E-state index contributed by atoms with van der Waals surface area (Å²) in [5.74, 6) is 6.43. The number of hydrogen-bond donors (Lipinski definition) is 2. The van der Waals surface area contributed by atoms with Crippen LogP contribution in [0.5, 0.6) is 0 Å². The van der Waals surface area contributed by atoms with Gasteiger partial charge < -0.3 is 15.5 Å². The van der Waals surface area contributed by atoms with Gasteiger partial charge in [-0.1, -0.05) is 66.4 Å². The van der Waals surface area contributed by atoms with Crippen LogP contribution in [-0.2, 0) is 12.0 Å². The molecule has 0 aromatic heterocycles. The number of allylic oxidation sites excluding steroid dienone is 1.